The number of amides is 1. The third-order valence-electron chi connectivity index (χ3n) is 6.29. The highest BCUT2D eigenvalue weighted by atomic mass is 32.2. The summed E-state index contributed by atoms with van der Waals surface area (Å²) in [6.07, 6.45) is 4.99. The molecule has 0 atom stereocenters. The number of aromatic nitrogens is 1. The lowest BCUT2D eigenvalue weighted by molar-refractivity contribution is 0.0983. The van der Waals surface area contributed by atoms with Crippen LogP contribution in [-0.2, 0) is 16.6 Å². The maximum Gasteiger partial charge on any atom is 0.260 e. The lowest BCUT2D eigenvalue weighted by Crippen LogP contribution is -2.33. The van der Waals surface area contributed by atoms with Crippen LogP contribution in [0.5, 0.6) is 5.75 Å². The van der Waals surface area contributed by atoms with Crippen LogP contribution in [0, 0.1) is 0 Å². The van der Waals surface area contributed by atoms with Crippen LogP contribution in [0.25, 0.3) is 10.2 Å². The third kappa shape index (κ3) is 6.87. The molecule has 4 aromatic rings. The zero-order valence-electron chi connectivity index (χ0n) is 22.6. The number of hydrogen-bond donors (Lipinski definition) is 0. The largest absolute Gasteiger partial charge is 0.494 e. The number of anilines is 1. The number of benzene rings is 2. The molecule has 0 fully saturated rings. The maximum atomic E-state index is 13.8. The first kappa shape index (κ1) is 28.8. The molecule has 0 unspecified atom stereocenters. The van der Waals surface area contributed by atoms with Gasteiger partial charge in [-0.3, -0.25) is 9.69 Å². The number of rotatable bonds is 14. The molecule has 208 valence electrons. The molecule has 8 nitrogen and oxygen atoms in total. The van der Waals surface area contributed by atoms with Crippen molar-refractivity contribution >= 4 is 42.6 Å². The summed E-state index contributed by atoms with van der Waals surface area (Å²) >= 11 is 1.39. The standard InChI is InChI=1S/C29H35N3O5S2/c1-4-7-17-31(18-8-5-2)39(34,35)25-14-11-22(12-15-25)28(33)32(21-24-10-9-19-37-24)29-30-26-16-13-23(36-6-3)20-27(26)38-29/h9-16,19-20H,4-8,17-18,21H2,1-3H3. The molecule has 2 heterocycles. The molecule has 0 saturated heterocycles. The van der Waals surface area contributed by atoms with Gasteiger partial charge in [-0.25, -0.2) is 13.4 Å². The molecular formula is C29H35N3O5S2. The first-order chi connectivity index (χ1) is 18.9. The number of carbonyl (C=O) groups excluding carboxylic acids is 1. The molecule has 39 heavy (non-hydrogen) atoms. The zero-order valence-corrected chi connectivity index (χ0v) is 24.3. The smallest absolute Gasteiger partial charge is 0.260 e. The molecule has 2 aromatic heterocycles. The van der Waals surface area contributed by atoms with E-state index in [4.69, 9.17) is 14.1 Å². The van der Waals surface area contributed by atoms with E-state index in [1.165, 1.54) is 23.5 Å². The molecule has 0 aliphatic rings. The Morgan fingerprint density at radius 3 is 2.33 bits per heavy atom. The van der Waals surface area contributed by atoms with E-state index < -0.39 is 10.0 Å². The summed E-state index contributed by atoms with van der Waals surface area (Å²) in [7, 11) is -3.66. The van der Waals surface area contributed by atoms with Gasteiger partial charge < -0.3 is 9.15 Å². The van der Waals surface area contributed by atoms with Crippen LogP contribution in [0.2, 0.25) is 0 Å². The van der Waals surface area contributed by atoms with Crippen molar-refractivity contribution in [1.82, 2.24) is 9.29 Å². The quantitative estimate of drug-likeness (QED) is 0.167. The minimum Gasteiger partial charge on any atom is -0.494 e. The average Bonchev–Trinajstić information content (AvgIpc) is 3.61. The van der Waals surface area contributed by atoms with Crippen molar-refractivity contribution in [1.29, 1.82) is 0 Å². The first-order valence-corrected chi connectivity index (χ1v) is 15.6. The Hall–Kier alpha value is -3.21. The van der Waals surface area contributed by atoms with Gasteiger partial charge in [0.15, 0.2) is 5.13 Å². The minimum absolute atomic E-state index is 0.186. The fourth-order valence-electron chi connectivity index (χ4n) is 4.14. The Morgan fingerprint density at radius 1 is 1.00 bits per heavy atom. The molecule has 0 aliphatic heterocycles. The predicted octanol–water partition coefficient (Wildman–Crippen LogP) is 6.73. The monoisotopic (exact) mass is 569 g/mol. The van der Waals surface area contributed by atoms with Crippen molar-refractivity contribution in [2.75, 3.05) is 24.6 Å². The van der Waals surface area contributed by atoms with Crippen LogP contribution in [0.1, 0.15) is 62.6 Å². The van der Waals surface area contributed by atoms with Crippen molar-refractivity contribution in [3.8, 4) is 5.75 Å². The van der Waals surface area contributed by atoms with Gasteiger partial charge in [-0.15, -0.1) is 0 Å². The Morgan fingerprint density at radius 2 is 1.72 bits per heavy atom. The second-order valence-corrected chi connectivity index (χ2v) is 12.1. The Balaban J connectivity index is 1.63. The van der Waals surface area contributed by atoms with Crippen LogP contribution in [0.3, 0.4) is 0 Å². The van der Waals surface area contributed by atoms with Crippen molar-refractivity contribution in [3.05, 3.63) is 72.2 Å². The van der Waals surface area contributed by atoms with Crippen LogP contribution in [0.15, 0.2) is 70.2 Å². The van der Waals surface area contributed by atoms with E-state index in [1.54, 1.807) is 39.7 Å². The van der Waals surface area contributed by atoms with E-state index in [9.17, 15) is 13.2 Å². The van der Waals surface area contributed by atoms with Gasteiger partial charge in [0, 0.05) is 18.7 Å². The van der Waals surface area contributed by atoms with Gasteiger partial charge in [-0.1, -0.05) is 38.0 Å². The molecular weight excluding hydrogens is 534 g/mol. The highest BCUT2D eigenvalue weighted by molar-refractivity contribution is 7.89. The lowest BCUT2D eigenvalue weighted by Gasteiger charge is -2.22. The van der Waals surface area contributed by atoms with Crippen LogP contribution >= 0.6 is 11.3 Å². The second-order valence-electron chi connectivity index (χ2n) is 9.17. The summed E-state index contributed by atoms with van der Waals surface area (Å²) in [4.78, 5) is 20.2. The summed E-state index contributed by atoms with van der Waals surface area (Å²) < 4.78 is 40.3. The maximum absolute atomic E-state index is 13.8. The number of ether oxygens (including phenoxy) is 1. The highest BCUT2D eigenvalue weighted by Crippen LogP contribution is 2.33. The van der Waals surface area contributed by atoms with E-state index >= 15 is 0 Å². The van der Waals surface area contributed by atoms with Gasteiger partial charge >= 0.3 is 0 Å². The van der Waals surface area contributed by atoms with Crippen molar-refractivity contribution < 1.29 is 22.4 Å². The number of nitrogens with zero attached hydrogens (tertiary/aromatic N) is 3. The summed E-state index contributed by atoms with van der Waals surface area (Å²) in [5.41, 5.74) is 1.12. The van der Waals surface area contributed by atoms with Gasteiger partial charge in [0.25, 0.3) is 5.91 Å². The number of furan rings is 1. The van der Waals surface area contributed by atoms with Crippen molar-refractivity contribution in [3.63, 3.8) is 0 Å². The van der Waals surface area contributed by atoms with Crippen molar-refractivity contribution in [2.45, 2.75) is 57.9 Å². The predicted molar refractivity (Wildman–Crippen MR) is 155 cm³/mol. The van der Waals surface area contributed by atoms with Gasteiger partial charge in [-0.05, 0) is 74.4 Å². The number of unbranched alkanes of at least 4 members (excludes halogenated alkanes) is 2. The molecule has 2 aromatic carbocycles. The molecule has 10 heteroatoms. The molecule has 0 bridgehead atoms. The Kier molecular flexibility index (Phi) is 9.77. The van der Waals surface area contributed by atoms with Gasteiger partial charge in [-0.2, -0.15) is 4.31 Å². The van der Waals surface area contributed by atoms with Gasteiger partial charge in [0.1, 0.15) is 11.5 Å². The SMILES string of the molecule is CCCCN(CCCC)S(=O)(=O)c1ccc(C(=O)N(Cc2ccco2)c2nc3ccc(OCC)cc3s2)cc1. The normalized spacial score (nSPS) is 11.8. The summed E-state index contributed by atoms with van der Waals surface area (Å²) in [6.45, 7) is 7.73. The van der Waals surface area contributed by atoms with E-state index in [0.29, 0.717) is 36.2 Å². The third-order valence-corrected chi connectivity index (χ3v) is 9.24. The minimum atomic E-state index is -3.66. The molecule has 0 spiro atoms. The number of thiazole rings is 1. The Bertz CT molecular complexity index is 1460. The molecule has 0 saturated carbocycles. The zero-order chi connectivity index (χ0) is 27.8. The fourth-order valence-corrected chi connectivity index (χ4v) is 6.65. The van der Waals surface area contributed by atoms with Crippen LogP contribution < -0.4 is 9.64 Å². The Labute approximate surface area is 234 Å². The van der Waals surface area contributed by atoms with Crippen LogP contribution in [0.4, 0.5) is 5.13 Å². The molecule has 0 radical (unpaired) electrons. The van der Waals surface area contributed by atoms with Crippen molar-refractivity contribution in [2.24, 2.45) is 0 Å². The summed E-state index contributed by atoms with van der Waals surface area (Å²) in [6, 6.07) is 15.4. The summed E-state index contributed by atoms with van der Waals surface area (Å²) in [5, 5.41) is 0.516. The average molecular weight is 570 g/mol. The van der Waals surface area contributed by atoms with E-state index in [2.05, 4.69) is 0 Å². The molecule has 0 N–H and O–H groups in total. The van der Waals surface area contributed by atoms with Crippen LogP contribution in [-0.4, -0.2) is 43.3 Å². The van der Waals surface area contributed by atoms with Gasteiger partial charge in [0.05, 0.1) is 34.5 Å². The second kappa shape index (κ2) is 13.2. The number of fused-ring (bicyclic) bond motifs is 1. The molecule has 0 aliphatic carbocycles. The fraction of sp³-hybridized carbons (Fsp3) is 0.379. The van der Waals surface area contributed by atoms with E-state index in [1.807, 2.05) is 39.0 Å². The topological polar surface area (TPSA) is 93.0 Å². The first-order valence-electron chi connectivity index (χ1n) is 13.3. The summed E-state index contributed by atoms with van der Waals surface area (Å²) in [5.74, 6) is 1.06. The lowest BCUT2D eigenvalue weighted by atomic mass is 10.2. The number of carbonyl (C=O) groups is 1. The van der Waals surface area contributed by atoms with E-state index in [-0.39, 0.29) is 17.3 Å². The molecule has 1 amide bonds. The van der Waals surface area contributed by atoms with E-state index in [0.717, 1.165) is 41.6 Å². The molecule has 4 rings (SSSR count). The van der Waals surface area contributed by atoms with Gasteiger partial charge in [0.2, 0.25) is 10.0 Å². The number of hydrogen-bond acceptors (Lipinski definition) is 7. The number of sulfonamides is 1. The highest BCUT2D eigenvalue weighted by Gasteiger charge is 2.26.